The second kappa shape index (κ2) is 7.21. The number of ether oxygens (including phenoxy) is 1. The summed E-state index contributed by atoms with van der Waals surface area (Å²) in [5.74, 6) is 0.280. The minimum atomic E-state index is -0.636. The number of hydrogen-bond donors (Lipinski definition) is 2. The second-order valence-corrected chi connectivity index (χ2v) is 6.38. The molecule has 6 heteroatoms. The molecule has 2 atom stereocenters. The first kappa shape index (κ1) is 16.8. The molecule has 0 saturated carbocycles. The van der Waals surface area contributed by atoms with E-state index in [1.807, 2.05) is 6.92 Å². The number of rotatable bonds is 6. The van der Waals surface area contributed by atoms with Gasteiger partial charge < -0.3 is 19.2 Å². The first-order valence-corrected chi connectivity index (χ1v) is 8.57. The fourth-order valence-electron chi connectivity index (χ4n) is 3.42. The number of nitrogens with zero attached hydrogens (tertiary/aromatic N) is 1. The number of nitrogens with one attached hydrogen (secondary N) is 1. The van der Waals surface area contributed by atoms with Gasteiger partial charge in [0.1, 0.15) is 12.0 Å². The van der Waals surface area contributed by atoms with E-state index in [0.29, 0.717) is 31.0 Å². The SMILES string of the molecule is CCCCCOC(=O)c1[nH]c2c(c1C)C(O)CC(c1ncco1)C2. The van der Waals surface area contributed by atoms with Crippen LogP contribution < -0.4 is 0 Å². The molecule has 1 aliphatic carbocycles. The first-order valence-electron chi connectivity index (χ1n) is 8.57. The highest BCUT2D eigenvalue weighted by atomic mass is 16.5. The molecule has 0 aromatic carbocycles. The molecule has 0 bridgehead atoms. The lowest BCUT2D eigenvalue weighted by Gasteiger charge is -2.24. The van der Waals surface area contributed by atoms with Crippen LogP contribution in [0.1, 0.15) is 77.8 Å². The molecule has 1 aliphatic rings. The van der Waals surface area contributed by atoms with Gasteiger partial charge in [-0.2, -0.15) is 0 Å². The molecule has 0 fully saturated rings. The predicted octanol–water partition coefficient (Wildman–Crippen LogP) is 3.42. The normalized spacial score (nSPS) is 20.0. The molecule has 24 heavy (non-hydrogen) atoms. The average Bonchev–Trinajstić information content (AvgIpc) is 3.20. The van der Waals surface area contributed by atoms with E-state index in [1.54, 1.807) is 6.20 Å². The summed E-state index contributed by atoms with van der Waals surface area (Å²) in [6.45, 7) is 4.39. The maximum atomic E-state index is 12.3. The van der Waals surface area contributed by atoms with E-state index in [4.69, 9.17) is 9.15 Å². The highest BCUT2D eigenvalue weighted by Crippen LogP contribution is 2.40. The summed E-state index contributed by atoms with van der Waals surface area (Å²) in [5.41, 5.74) is 2.92. The topological polar surface area (TPSA) is 88.4 Å². The number of hydrogen-bond acceptors (Lipinski definition) is 5. The number of esters is 1. The van der Waals surface area contributed by atoms with E-state index >= 15 is 0 Å². The van der Waals surface area contributed by atoms with Crippen molar-refractivity contribution in [3.8, 4) is 0 Å². The lowest BCUT2D eigenvalue weighted by molar-refractivity contribution is 0.0491. The van der Waals surface area contributed by atoms with Crippen molar-refractivity contribution in [3.05, 3.63) is 40.9 Å². The Kier molecular flexibility index (Phi) is 5.04. The van der Waals surface area contributed by atoms with Crippen molar-refractivity contribution in [2.75, 3.05) is 6.61 Å². The van der Waals surface area contributed by atoms with Crippen LogP contribution >= 0.6 is 0 Å². The Bertz CT molecular complexity index is 690. The molecule has 2 aromatic rings. The van der Waals surface area contributed by atoms with E-state index in [9.17, 15) is 9.90 Å². The van der Waals surface area contributed by atoms with Gasteiger partial charge in [0.15, 0.2) is 5.89 Å². The van der Waals surface area contributed by atoms with Gasteiger partial charge in [-0.1, -0.05) is 19.8 Å². The minimum absolute atomic E-state index is 0.00831. The summed E-state index contributed by atoms with van der Waals surface area (Å²) in [5, 5.41) is 10.5. The Morgan fingerprint density at radius 2 is 2.33 bits per heavy atom. The fourth-order valence-corrected chi connectivity index (χ4v) is 3.42. The number of aromatic amines is 1. The van der Waals surface area contributed by atoms with Crippen molar-refractivity contribution < 1.29 is 19.1 Å². The summed E-state index contributed by atoms with van der Waals surface area (Å²) >= 11 is 0. The van der Waals surface area contributed by atoms with Crippen LogP contribution in [0.2, 0.25) is 0 Å². The van der Waals surface area contributed by atoms with Gasteiger partial charge in [-0.15, -0.1) is 0 Å². The molecule has 2 aromatic heterocycles. The lowest BCUT2D eigenvalue weighted by Crippen LogP contribution is -2.17. The first-order chi connectivity index (χ1) is 11.6. The van der Waals surface area contributed by atoms with Crippen LogP contribution in [0.25, 0.3) is 0 Å². The molecule has 3 rings (SSSR count). The summed E-state index contributed by atoms with van der Waals surface area (Å²) < 4.78 is 10.7. The molecule has 0 radical (unpaired) electrons. The fraction of sp³-hybridized carbons (Fsp3) is 0.556. The molecule has 130 valence electrons. The van der Waals surface area contributed by atoms with Gasteiger partial charge in [0.05, 0.1) is 18.9 Å². The van der Waals surface area contributed by atoms with Crippen molar-refractivity contribution in [2.24, 2.45) is 0 Å². The molecule has 0 amide bonds. The molecule has 2 heterocycles. The number of oxazole rings is 1. The van der Waals surface area contributed by atoms with Crippen molar-refractivity contribution in [2.45, 2.75) is 58.0 Å². The maximum Gasteiger partial charge on any atom is 0.355 e. The van der Waals surface area contributed by atoms with Gasteiger partial charge in [0.2, 0.25) is 0 Å². The standard InChI is InChI=1S/C18H24N2O4/c1-3-4-5-7-24-18(22)16-11(2)15-13(20-16)9-12(10-14(15)21)17-19-6-8-23-17/h6,8,12,14,20-21H,3-5,7,9-10H2,1-2H3. The number of carbonyl (C=O) groups is 1. The zero-order chi connectivity index (χ0) is 17.1. The number of unbranched alkanes of at least 4 members (excludes halogenated alkanes) is 2. The van der Waals surface area contributed by atoms with Crippen LogP contribution in [0.5, 0.6) is 0 Å². The lowest BCUT2D eigenvalue weighted by atomic mass is 9.84. The van der Waals surface area contributed by atoms with Gasteiger partial charge >= 0.3 is 5.97 Å². The zero-order valence-electron chi connectivity index (χ0n) is 14.2. The number of H-pyrrole nitrogens is 1. The third-order valence-corrected chi connectivity index (χ3v) is 4.66. The number of aromatic nitrogens is 2. The Morgan fingerprint density at radius 3 is 3.04 bits per heavy atom. The van der Waals surface area contributed by atoms with Crippen LogP contribution in [0.4, 0.5) is 0 Å². The van der Waals surface area contributed by atoms with Gasteiger partial charge in [0.25, 0.3) is 0 Å². The van der Waals surface area contributed by atoms with Crippen LogP contribution in [0, 0.1) is 6.92 Å². The molecule has 2 N–H and O–H groups in total. The average molecular weight is 332 g/mol. The highest BCUT2D eigenvalue weighted by molar-refractivity contribution is 5.90. The summed E-state index contributed by atoms with van der Waals surface area (Å²) in [4.78, 5) is 19.6. The van der Waals surface area contributed by atoms with Crippen molar-refractivity contribution in [3.63, 3.8) is 0 Å². The van der Waals surface area contributed by atoms with Crippen LogP contribution in [-0.4, -0.2) is 27.7 Å². The molecule has 2 unspecified atom stereocenters. The minimum Gasteiger partial charge on any atom is -0.461 e. The predicted molar refractivity (Wildman–Crippen MR) is 87.9 cm³/mol. The number of fused-ring (bicyclic) bond motifs is 1. The molecular formula is C18H24N2O4. The third-order valence-electron chi connectivity index (χ3n) is 4.66. The second-order valence-electron chi connectivity index (χ2n) is 6.38. The smallest absolute Gasteiger partial charge is 0.355 e. The Morgan fingerprint density at radius 1 is 1.50 bits per heavy atom. The Balaban J connectivity index is 1.76. The van der Waals surface area contributed by atoms with E-state index in [0.717, 1.165) is 36.1 Å². The molecule has 0 saturated heterocycles. The van der Waals surface area contributed by atoms with Crippen LogP contribution in [0.3, 0.4) is 0 Å². The van der Waals surface area contributed by atoms with E-state index in [-0.39, 0.29) is 11.9 Å². The molecular weight excluding hydrogens is 308 g/mol. The molecule has 0 spiro atoms. The summed E-state index contributed by atoms with van der Waals surface area (Å²) in [7, 11) is 0. The van der Waals surface area contributed by atoms with Crippen LogP contribution in [-0.2, 0) is 11.2 Å². The zero-order valence-corrected chi connectivity index (χ0v) is 14.2. The van der Waals surface area contributed by atoms with Crippen molar-refractivity contribution >= 4 is 5.97 Å². The van der Waals surface area contributed by atoms with Crippen LogP contribution in [0.15, 0.2) is 16.9 Å². The molecule has 6 nitrogen and oxygen atoms in total. The van der Waals surface area contributed by atoms with Gasteiger partial charge in [-0.05, 0) is 31.7 Å². The largest absolute Gasteiger partial charge is 0.461 e. The van der Waals surface area contributed by atoms with Gasteiger partial charge in [-0.3, -0.25) is 0 Å². The van der Waals surface area contributed by atoms with E-state index in [1.165, 1.54) is 6.26 Å². The Labute approximate surface area is 141 Å². The third kappa shape index (κ3) is 3.24. The number of aliphatic hydroxyl groups excluding tert-OH is 1. The summed E-state index contributed by atoms with van der Waals surface area (Å²) in [6.07, 6.45) is 6.71. The number of aliphatic hydroxyl groups is 1. The maximum absolute atomic E-state index is 12.3. The van der Waals surface area contributed by atoms with E-state index in [2.05, 4.69) is 16.9 Å². The Hall–Kier alpha value is -2.08. The van der Waals surface area contributed by atoms with Crippen molar-refractivity contribution in [1.82, 2.24) is 9.97 Å². The molecule has 0 aliphatic heterocycles. The van der Waals surface area contributed by atoms with E-state index < -0.39 is 6.10 Å². The van der Waals surface area contributed by atoms with Crippen molar-refractivity contribution in [1.29, 1.82) is 0 Å². The highest BCUT2D eigenvalue weighted by Gasteiger charge is 2.34. The summed E-state index contributed by atoms with van der Waals surface area (Å²) in [6, 6.07) is 0. The van der Waals surface area contributed by atoms with Gasteiger partial charge in [0, 0.05) is 17.2 Å². The quantitative estimate of drug-likeness (QED) is 0.625. The van der Waals surface area contributed by atoms with Gasteiger partial charge in [-0.25, -0.2) is 9.78 Å². The number of carbonyl (C=O) groups excluding carboxylic acids is 1. The monoisotopic (exact) mass is 332 g/mol.